The summed E-state index contributed by atoms with van der Waals surface area (Å²) in [7, 11) is 0. The number of benzene rings is 1. The highest BCUT2D eigenvalue weighted by Crippen LogP contribution is 2.41. The number of ketones is 1. The minimum atomic E-state index is -0.772. The lowest BCUT2D eigenvalue weighted by Crippen LogP contribution is -2.31. The van der Waals surface area contributed by atoms with Crippen LogP contribution in [0.1, 0.15) is 49.2 Å². The van der Waals surface area contributed by atoms with Gasteiger partial charge in [-0.1, -0.05) is 6.92 Å². The van der Waals surface area contributed by atoms with Crippen LogP contribution in [0.15, 0.2) is 60.1 Å². The molecule has 7 heteroatoms. The summed E-state index contributed by atoms with van der Waals surface area (Å²) in [4.78, 5) is 42.7. The summed E-state index contributed by atoms with van der Waals surface area (Å²) in [6.45, 7) is 5.19. The van der Waals surface area contributed by atoms with Crippen molar-refractivity contribution in [3.63, 3.8) is 0 Å². The summed E-state index contributed by atoms with van der Waals surface area (Å²) in [6, 6.07) is 8.90. The van der Waals surface area contributed by atoms with Gasteiger partial charge in [-0.15, -0.1) is 0 Å². The van der Waals surface area contributed by atoms with Crippen LogP contribution in [0.4, 0.5) is 5.69 Å². The van der Waals surface area contributed by atoms with E-state index < -0.39 is 23.7 Å². The van der Waals surface area contributed by atoms with E-state index in [2.05, 4.69) is 4.98 Å². The third-order valence-electron chi connectivity index (χ3n) is 4.58. The quantitative estimate of drug-likeness (QED) is 0.753. The second-order valence-electron chi connectivity index (χ2n) is 6.90. The highest BCUT2D eigenvalue weighted by Gasteiger charge is 2.43. The Hall–Kier alpha value is -3.48. The Morgan fingerprint density at radius 1 is 1.14 bits per heavy atom. The van der Waals surface area contributed by atoms with Crippen LogP contribution in [0.25, 0.3) is 0 Å². The number of Topliss-reactive ketones (excluding diaryl/α,β-unsaturated/α-hetero) is 1. The fraction of sp³-hybridized carbons (Fsp3) is 0.273. The topological polar surface area (TPSA) is 96.8 Å². The van der Waals surface area contributed by atoms with Crippen molar-refractivity contribution in [3.05, 3.63) is 71.3 Å². The van der Waals surface area contributed by atoms with Crippen molar-refractivity contribution in [1.82, 2.24) is 4.98 Å². The highest BCUT2D eigenvalue weighted by atomic mass is 16.5. The second-order valence-corrected chi connectivity index (χ2v) is 6.90. The zero-order valence-electron chi connectivity index (χ0n) is 16.5. The molecule has 150 valence electrons. The number of anilines is 1. The number of aromatic nitrogens is 1. The second kappa shape index (κ2) is 8.26. The van der Waals surface area contributed by atoms with Crippen molar-refractivity contribution in [2.24, 2.45) is 0 Å². The van der Waals surface area contributed by atoms with Gasteiger partial charge >= 0.3 is 5.97 Å². The first-order valence-electron chi connectivity index (χ1n) is 9.36. The van der Waals surface area contributed by atoms with Gasteiger partial charge in [0, 0.05) is 24.5 Å². The number of pyridine rings is 1. The van der Waals surface area contributed by atoms with E-state index in [1.54, 1.807) is 69.6 Å². The van der Waals surface area contributed by atoms with Crippen molar-refractivity contribution in [2.45, 2.75) is 39.3 Å². The van der Waals surface area contributed by atoms with E-state index in [1.807, 2.05) is 0 Å². The molecule has 1 aromatic carbocycles. The van der Waals surface area contributed by atoms with Crippen LogP contribution in [0, 0.1) is 0 Å². The third kappa shape index (κ3) is 3.89. The molecule has 2 heterocycles. The molecule has 1 aromatic heterocycles. The van der Waals surface area contributed by atoms with Crippen LogP contribution in [-0.2, 0) is 14.3 Å². The first kappa shape index (κ1) is 20.3. The fourth-order valence-electron chi connectivity index (χ4n) is 3.25. The van der Waals surface area contributed by atoms with Crippen molar-refractivity contribution in [1.29, 1.82) is 0 Å². The summed E-state index contributed by atoms with van der Waals surface area (Å²) in [5.41, 5.74) is 1.50. The smallest absolute Gasteiger partial charge is 0.338 e. The average Bonchev–Trinajstić information content (AvgIpc) is 2.98. The van der Waals surface area contributed by atoms with E-state index in [1.165, 1.54) is 4.90 Å². The molecule has 1 amide bonds. The highest BCUT2D eigenvalue weighted by molar-refractivity contribution is 6.16. The summed E-state index contributed by atoms with van der Waals surface area (Å²) >= 11 is 0. The van der Waals surface area contributed by atoms with Crippen LogP contribution in [0.5, 0.6) is 0 Å². The third-order valence-corrected chi connectivity index (χ3v) is 4.58. The van der Waals surface area contributed by atoms with Crippen LogP contribution >= 0.6 is 0 Å². The minimum absolute atomic E-state index is 0.0620. The molecule has 0 fully saturated rings. The van der Waals surface area contributed by atoms with Gasteiger partial charge in [-0.2, -0.15) is 0 Å². The average molecular weight is 394 g/mol. The lowest BCUT2D eigenvalue weighted by atomic mass is 9.95. The molecule has 0 spiro atoms. The van der Waals surface area contributed by atoms with Crippen molar-refractivity contribution >= 4 is 23.3 Å². The number of carbonyl (C=O) groups is 3. The Morgan fingerprint density at radius 3 is 2.31 bits per heavy atom. The summed E-state index contributed by atoms with van der Waals surface area (Å²) in [5.74, 6) is -1.99. The molecule has 0 radical (unpaired) electrons. The van der Waals surface area contributed by atoms with Gasteiger partial charge in [-0.05, 0) is 55.8 Å². The van der Waals surface area contributed by atoms with Crippen LogP contribution in [0.2, 0.25) is 0 Å². The number of ether oxygens (including phenoxy) is 1. The summed E-state index contributed by atoms with van der Waals surface area (Å²) in [6.07, 6.45) is 3.03. The van der Waals surface area contributed by atoms with E-state index in [4.69, 9.17) is 4.74 Å². The number of rotatable bonds is 6. The maximum Gasteiger partial charge on any atom is 0.338 e. The maximum absolute atomic E-state index is 12.8. The molecule has 0 saturated heterocycles. The molecule has 1 N–H and O–H groups in total. The number of nitrogens with zero attached hydrogens (tertiary/aromatic N) is 2. The summed E-state index contributed by atoms with van der Waals surface area (Å²) < 4.78 is 5.17. The first-order chi connectivity index (χ1) is 13.8. The molecule has 1 atom stereocenters. The molecular formula is C22H22N2O5. The Labute approximate surface area is 168 Å². The SMILES string of the molecule is CCC(=O)C1=C(O)C(=O)N(c2ccc(C(=O)OC(C)C)cc2)C1c1ccncc1. The number of carbonyl (C=O) groups excluding carboxylic acids is 3. The lowest BCUT2D eigenvalue weighted by molar-refractivity contribution is -0.118. The van der Waals surface area contributed by atoms with E-state index in [0.717, 1.165) is 0 Å². The molecule has 1 aliphatic heterocycles. The number of esters is 1. The Morgan fingerprint density at radius 2 is 1.76 bits per heavy atom. The standard InChI is InChI=1S/C22H22N2O5/c1-4-17(25)18-19(14-9-11-23-12-10-14)24(21(27)20(18)26)16-7-5-15(6-8-16)22(28)29-13(2)3/h5-13,19,26H,4H2,1-3H3. The van der Waals surface area contributed by atoms with Crippen molar-refractivity contribution in [3.8, 4) is 0 Å². The van der Waals surface area contributed by atoms with E-state index in [0.29, 0.717) is 16.8 Å². The van der Waals surface area contributed by atoms with Gasteiger partial charge in [0.2, 0.25) is 0 Å². The van der Waals surface area contributed by atoms with E-state index in [-0.39, 0.29) is 23.9 Å². The van der Waals surface area contributed by atoms with Gasteiger partial charge in [0.05, 0.1) is 23.3 Å². The predicted octanol–water partition coefficient (Wildman–Crippen LogP) is 3.53. The lowest BCUT2D eigenvalue weighted by Gasteiger charge is -2.27. The first-order valence-corrected chi connectivity index (χ1v) is 9.36. The molecule has 1 aliphatic rings. The predicted molar refractivity (Wildman–Crippen MR) is 106 cm³/mol. The molecule has 7 nitrogen and oxygen atoms in total. The van der Waals surface area contributed by atoms with Crippen molar-refractivity contribution in [2.75, 3.05) is 4.90 Å². The van der Waals surface area contributed by atoms with Gasteiger partial charge in [0.25, 0.3) is 5.91 Å². The number of aliphatic hydroxyl groups excluding tert-OH is 1. The summed E-state index contributed by atoms with van der Waals surface area (Å²) in [5, 5.41) is 10.4. The normalized spacial score (nSPS) is 16.5. The van der Waals surface area contributed by atoms with Gasteiger partial charge in [0.1, 0.15) is 0 Å². The van der Waals surface area contributed by atoms with Gasteiger partial charge in [-0.3, -0.25) is 19.5 Å². The molecule has 29 heavy (non-hydrogen) atoms. The van der Waals surface area contributed by atoms with Crippen LogP contribution in [0.3, 0.4) is 0 Å². The number of amides is 1. The molecule has 0 bridgehead atoms. The molecule has 0 saturated carbocycles. The molecule has 2 aromatic rings. The monoisotopic (exact) mass is 394 g/mol. The van der Waals surface area contributed by atoms with Crippen LogP contribution in [-0.4, -0.2) is 33.9 Å². The molecule has 3 rings (SSSR count). The van der Waals surface area contributed by atoms with Crippen LogP contribution < -0.4 is 4.90 Å². The Kier molecular flexibility index (Phi) is 5.77. The van der Waals surface area contributed by atoms with Gasteiger partial charge in [0.15, 0.2) is 11.5 Å². The number of hydrogen-bond acceptors (Lipinski definition) is 6. The Bertz CT molecular complexity index is 964. The molecule has 0 aliphatic carbocycles. The van der Waals surface area contributed by atoms with E-state index >= 15 is 0 Å². The van der Waals surface area contributed by atoms with Crippen molar-refractivity contribution < 1.29 is 24.2 Å². The zero-order chi connectivity index (χ0) is 21.1. The molecular weight excluding hydrogens is 372 g/mol. The van der Waals surface area contributed by atoms with Gasteiger partial charge in [-0.25, -0.2) is 4.79 Å². The van der Waals surface area contributed by atoms with E-state index in [9.17, 15) is 19.5 Å². The zero-order valence-corrected chi connectivity index (χ0v) is 16.5. The Balaban J connectivity index is 2.02. The number of aliphatic hydroxyl groups is 1. The maximum atomic E-state index is 12.8. The number of hydrogen-bond donors (Lipinski definition) is 1. The van der Waals surface area contributed by atoms with Gasteiger partial charge < -0.3 is 9.84 Å². The minimum Gasteiger partial charge on any atom is -0.503 e. The largest absolute Gasteiger partial charge is 0.503 e. The molecule has 1 unspecified atom stereocenters. The fourth-order valence-corrected chi connectivity index (χ4v) is 3.25.